The van der Waals surface area contributed by atoms with Gasteiger partial charge >= 0.3 is 0 Å². The molecule has 1 heterocycles. The third-order valence-electron chi connectivity index (χ3n) is 3.01. The lowest BCUT2D eigenvalue weighted by Gasteiger charge is -2.10. The summed E-state index contributed by atoms with van der Waals surface area (Å²) in [6.45, 7) is 2.22. The van der Waals surface area contributed by atoms with E-state index in [0.717, 1.165) is 12.5 Å². The highest BCUT2D eigenvalue weighted by molar-refractivity contribution is 5.03. The van der Waals surface area contributed by atoms with Crippen LogP contribution in [0.3, 0.4) is 0 Å². The molecule has 1 N–H and O–H groups in total. The van der Waals surface area contributed by atoms with Gasteiger partial charge in [-0.3, -0.25) is 0 Å². The van der Waals surface area contributed by atoms with E-state index in [-0.39, 0.29) is 0 Å². The van der Waals surface area contributed by atoms with Gasteiger partial charge in [-0.15, -0.1) is 0 Å². The predicted octanol–water partition coefficient (Wildman–Crippen LogP) is 1.76. The molecular weight excluding hydrogens is 174 g/mol. The molecule has 0 bridgehead atoms. The molecule has 1 aliphatic carbocycles. The highest BCUT2D eigenvalue weighted by Crippen LogP contribution is 2.35. The first-order valence-corrected chi connectivity index (χ1v) is 5.49. The Bertz CT molecular complexity index is 288. The van der Waals surface area contributed by atoms with Gasteiger partial charge in [0.25, 0.3) is 0 Å². The monoisotopic (exact) mass is 193 g/mol. The van der Waals surface area contributed by atoms with E-state index in [9.17, 15) is 0 Å². The van der Waals surface area contributed by atoms with Crippen LogP contribution < -0.4 is 5.32 Å². The van der Waals surface area contributed by atoms with E-state index in [0.29, 0.717) is 6.04 Å². The maximum Gasteiger partial charge on any atom is 0.0950 e. The smallest absolute Gasteiger partial charge is 0.0950 e. The molecule has 1 saturated carbocycles. The maximum atomic E-state index is 4.23. The summed E-state index contributed by atoms with van der Waals surface area (Å²) in [5, 5.41) is 3.26. The number of hydrogen-bond acceptors (Lipinski definition) is 2. The zero-order chi connectivity index (χ0) is 9.97. The van der Waals surface area contributed by atoms with Gasteiger partial charge in [0, 0.05) is 24.0 Å². The molecule has 1 unspecified atom stereocenters. The summed E-state index contributed by atoms with van der Waals surface area (Å²) >= 11 is 0. The molecule has 3 heteroatoms. The van der Waals surface area contributed by atoms with Crippen LogP contribution in [0, 0.1) is 0 Å². The molecule has 1 aromatic heterocycles. The molecule has 3 nitrogen and oxygen atoms in total. The number of rotatable bonds is 5. The predicted molar refractivity (Wildman–Crippen MR) is 57.3 cm³/mol. The summed E-state index contributed by atoms with van der Waals surface area (Å²) in [5.41, 5.74) is 1.40. The van der Waals surface area contributed by atoms with Crippen molar-refractivity contribution in [2.45, 2.75) is 44.7 Å². The number of aromatic nitrogens is 2. The van der Waals surface area contributed by atoms with Gasteiger partial charge in [-0.25, -0.2) is 4.98 Å². The lowest BCUT2D eigenvalue weighted by atomic mass is 10.1. The molecule has 14 heavy (non-hydrogen) atoms. The molecule has 1 fully saturated rings. The van der Waals surface area contributed by atoms with Gasteiger partial charge in [-0.1, -0.05) is 0 Å². The third-order valence-corrected chi connectivity index (χ3v) is 3.01. The first-order valence-electron chi connectivity index (χ1n) is 5.49. The average molecular weight is 193 g/mol. The van der Waals surface area contributed by atoms with Crippen molar-refractivity contribution in [3.8, 4) is 0 Å². The molecule has 1 atom stereocenters. The Morgan fingerprint density at radius 1 is 1.64 bits per heavy atom. The SMILES string of the molecule is CNC(C)CCc1cncn1C1CC1. The van der Waals surface area contributed by atoms with Crippen molar-refractivity contribution in [2.24, 2.45) is 0 Å². The summed E-state index contributed by atoms with van der Waals surface area (Å²) in [5.74, 6) is 0. The van der Waals surface area contributed by atoms with Crippen LogP contribution in [-0.4, -0.2) is 22.6 Å². The van der Waals surface area contributed by atoms with Crippen molar-refractivity contribution < 1.29 is 0 Å². The lowest BCUT2D eigenvalue weighted by Crippen LogP contribution is -2.22. The van der Waals surface area contributed by atoms with Gasteiger partial charge in [0.05, 0.1) is 6.33 Å². The van der Waals surface area contributed by atoms with E-state index in [1.807, 2.05) is 19.6 Å². The summed E-state index contributed by atoms with van der Waals surface area (Å²) in [6, 6.07) is 1.36. The standard InChI is InChI=1S/C11H19N3/c1-9(12-2)3-4-11-7-13-8-14(11)10-5-6-10/h7-10,12H,3-6H2,1-2H3. The number of nitrogens with zero attached hydrogens (tertiary/aromatic N) is 2. The van der Waals surface area contributed by atoms with Crippen LogP contribution in [0.4, 0.5) is 0 Å². The topological polar surface area (TPSA) is 29.9 Å². The number of imidazole rings is 1. The fourth-order valence-electron chi connectivity index (χ4n) is 1.72. The van der Waals surface area contributed by atoms with Crippen molar-refractivity contribution in [2.75, 3.05) is 7.05 Å². The van der Waals surface area contributed by atoms with Gasteiger partial charge in [0.15, 0.2) is 0 Å². The fourth-order valence-corrected chi connectivity index (χ4v) is 1.72. The van der Waals surface area contributed by atoms with Crippen molar-refractivity contribution in [3.63, 3.8) is 0 Å². The molecule has 0 saturated heterocycles. The molecule has 0 aliphatic heterocycles. The molecule has 0 spiro atoms. The Balaban J connectivity index is 1.91. The summed E-state index contributed by atoms with van der Waals surface area (Å²) in [4.78, 5) is 4.23. The molecule has 0 amide bonds. The zero-order valence-electron chi connectivity index (χ0n) is 9.03. The van der Waals surface area contributed by atoms with E-state index < -0.39 is 0 Å². The Hall–Kier alpha value is -0.830. The van der Waals surface area contributed by atoms with E-state index >= 15 is 0 Å². The van der Waals surface area contributed by atoms with Gasteiger partial charge in [0.2, 0.25) is 0 Å². The highest BCUT2D eigenvalue weighted by Gasteiger charge is 2.24. The number of hydrogen-bond donors (Lipinski definition) is 1. The first kappa shape index (κ1) is 9.71. The van der Waals surface area contributed by atoms with E-state index in [1.54, 1.807) is 0 Å². The van der Waals surface area contributed by atoms with Gasteiger partial charge in [-0.2, -0.15) is 0 Å². The molecule has 1 aliphatic rings. The Morgan fingerprint density at radius 3 is 3.07 bits per heavy atom. The van der Waals surface area contributed by atoms with Crippen LogP contribution in [0.25, 0.3) is 0 Å². The Labute approximate surface area is 85.5 Å². The van der Waals surface area contributed by atoms with Crippen molar-refractivity contribution >= 4 is 0 Å². The quantitative estimate of drug-likeness (QED) is 0.772. The molecule has 78 valence electrons. The Kier molecular flexibility index (Phi) is 2.87. The second-order valence-corrected chi connectivity index (χ2v) is 4.25. The van der Waals surface area contributed by atoms with Crippen molar-refractivity contribution in [3.05, 3.63) is 18.2 Å². The summed E-state index contributed by atoms with van der Waals surface area (Å²) in [6.07, 6.45) is 9.00. The second kappa shape index (κ2) is 4.13. The van der Waals surface area contributed by atoms with Crippen molar-refractivity contribution in [1.29, 1.82) is 0 Å². The fraction of sp³-hybridized carbons (Fsp3) is 0.727. The minimum atomic E-state index is 0.595. The van der Waals surface area contributed by atoms with E-state index in [2.05, 4.69) is 21.8 Å². The Morgan fingerprint density at radius 2 is 2.43 bits per heavy atom. The van der Waals surface area contributed by atoms with Crippen LogP contribution in [0.5, 0.6) is 0 Å². The lowest BCUT2D eigenvalue weighted by molar-refractivity contribution is 0.549. The number of aryl methyl sites for hydroxylation is 1. The average Bonchev–Trinajstić information content (AvgIpc) is 2.94. The normalized spacial score (nSPS) is 18.4. The van der Waals surface area contributed by atoms with E-state index in [4.69, 9.17) is 0 Å². The van der Waals surface area contributed by atoms with Gasteiger partial charge < -0.3 is 9.88 Å². The van der Waals surface area contributed by atoms with Crippen LogP contribution in [0.1, 0.15) is 37.9 Å². The molecule has 0 radical (unpaired) electrons. The van der Waals surface area contributed by atoms with Gasteiger partial charge in [0.1, 0.15) is 0 Å². The second-order valence-electron chi connectivity index (χ2n) is 4.25. The summed E-state index contributed by atoms with van der Waals surface area (Å²) < 4.78 is 2.35. The highest BCUT2D eigenvalue weighted by atomic mass is 15.1. The van der Waals surface area contributed by atoms with Crippen LogP contribution in [0.2, 0.25) is 0 Å². The molecule has 0 aromatic carbocycles. The van der Waals surface area contributed by atoms with Crippen LogP contribution in [-0.2, 0) is 6.42 Å². The summed E-state index contributed by atoms with van der Waals surface area (Å²) in [7, 11) is 2.02. The van der Waals surface area contributed by atoms with Gasteiger partial charge in [-0.05, 0) is 39.7 Å². The van der Waals surface area contributed by atoms with Crippen molar-refractivity contribution in [1.82, 2.24) is 14.9 Å². The van der Waals surface area contributed by atoms with Crippen LogP contribution >= 0.6 is 0 Å². The largest absolute Gasteiger partial charge is 0.332 e. The van der Waals surface area contributed by atoms with E-state index in [1.165, 1.54) is 25.0 Å². The minimum absolute atomic E-state index is 0.595. The number of nitrogens with one attached hydrogen (secondary N) is 1. The molecular formula is C11H19N3. The molecule has 1 aromatic rings. The molecule has 2 rings (SSSR count). The minimum Gasteiger partial charge on any atom is -0.332 e. The third kappa shape index (κ3) is 2.15. The maximum absolute atomic E-state index is 4.23. The first-order chi connectivity index (χ1) is 6.81. The van der Waals surface area contributed by atoms with Crippen LogP contribution in [0.15, 0.2) is 12.5 Å². The zero-order valence-corrected chi connectivity index (χ0v) is 9.03.